The molecule has 0 aliphatic carbocycles. The largest absolute Gasteiger partial charge is 0.489 e. The first-order chi connectivity index (χ1) is 14.6. The number of rotatable bonds is 12. The van der Waals surface area contributed by atoms with Crippen LogP contribution in [0.5, 0.6) is 5.75 Å². The Morgan fingerprint density at radius 2 is 2.06 bits per heavy atom. The van der Waals surface area contributed by atoms with Gasteiger partial charge in [-0.15, -0.1) is 34.2 Å². The third kappa shape index (κ3) is 9.10. The van der Waals surface area contributed by atoms with Crippen LogP contribution in [0.2, 0.25) is 0 Å². The number of benzene rings is 1. The van der Waals surface area contributed by atoms with Crippen molar-refractivity contribution >= 4 is 41.7 Å². The standard InChI is InChI=1S/C22H34N6OS.HI/c1-6-14-29-19-11-8-7-10-18(19)15-25-21(23-4)24-13-9-12-20-26-27-22(30-5)28(20)16-17(2)3;/h6-8,10-11,17H,1,9,12-16H2,2-5H3,(H2,23,24,25);1H. The fraction of sp³-hybridized carbons (Fsp3) is 0.500. The highest BCUT2D eigenvalue weighted by atomic mass is 127. The molecule has 172 valence electrons. The quantitative estimate of drug-likeness (QED) is 0.102. The van der Waals surface area contributed by atoms with E-state index in [1.54, 1.807) is 24.9 Å². The van der Waals surface area contributed by atoms with E-state index in [0.717, 1.165) is 54.2 Å². The number of nitrogens with one attached hydrogen (secondary N) is 2. The summed E-state index contributed by atoms with van der Waals surface area (Å²) in [5.41, 5.74) is 1.08. The summed E-state index contributed by atoms with van der Waals surface area (Å²) < 4.78 is 7.95. The number of para-hydroxylation sites is 1. The van der Waals surface area contributed by atoms with Gasteiger partial charge in [-0.3, -0.25) is 4.99 Å². The molecule has 0 aliphatic rings. The zero-order valence-electron chi connectivity index (χ0n) is 18.9. The smallest absolute Gasteiger partial charge is 0.191 e. The highest BCUT2D eigenvalue weighted by molar-refractivity contribution is 14.0. The van der Waals surface area contributed by atoms with Gasteiger partial charge >= 0.3 is 0 Å². The summed E-state index contributed by atoms with van der Waals surface area (Å²) >= 11 is 1.65. The molecule has 9 heteroatoms. The minimum Gasteiger partial charge on any atom is -0.489 e. The molecule has 1 aromatic carbocycles. The van der Waals surface area contributed by atoms with Gasteiger partial charge < -0.3 is 19.9 Å². The monoisotopic (exact) mass is 558 g/mol. The zero-order chi connectivity index (χ0) is 21.8. The molecule has 0 saturated carbocycles. The first-order valence-electron chi connectivity index (χ1n) is 10.3. The molecule has 0 fully saturated rings. The van der Waals surface area contributed by atoms with Crippen molar-refractivity contribution in [2.24, 2.45) is 10.9 Å². The normalized spacial score (nSPS) is 11.2. The summed E-state index contributed by atoms with van der Waals surface area (Å²) in [7, 11) is 1.78. The minimum absolute atomic E-state index is 0. The Bertz CT molecular complexity index is 824. The van der Waals surface area contributed by atoms with Crippen LogP contribution in [0.15, 0.2) is 47.1 Å². The van der Waals surface area contributed by atoms with Crippen LogP contribution in [0, 0.1) is 5.92 Å². The number of aryl methyl sites for hydroxylation is 1. The zero-order valence-corrected chi connectivity index (χ0v) is 22.1. The average molecular weight is 559 g/mol. The van der Waals surface area contributed by atoms with Crippen molar-refractivity contribution in [3.8, 4) is 5.75 Å². The van der Waals surface area contributed by atoms with E-state index in [1.165, 1.54) is 0 Å². The average Bonchev–Trinajstić information content (AvgIpc) is 3.13. The van der Waals surface area contributed by atoms with Gasteiger partial charge in [0.25, 0.3) is 0 Å². The topological polar surface area (TPSA) is 76.4 Å². The van der Waals surface area contributed by atoms with Crippen LogP contribution < -0.4 is 15.4 Å². The Balaban J connectivity index is 0.00000480. The van der Waals surface area contributed by atoms with Crippen molar-refractivity contribution < 1.29 is 4.74 Å². The minimum atomic E-state index is 0. The molecular weight excluding hydrogens is 523 g/mol. The maximum Gasteiger partial charge on any atom is 0.191 e. The first kappa shape index (κ1) is 27.3. The molecule has 7 nitrogen and oxygen atoms in total. The molecule has 0 bridgehead atoms. The van der Waals surface area contributed by atoms with Crippen LogP contribution in [-0.2, 0) is 19.5 Å². The molecule has 0 aliphatic heterocycles. The lowest BCUT2D eigenvalue weighted by Crippen LogP contribution is -2.37. The molecule has 0 atom stereocenters. The lowest BCUT2D eigenvalue weighted by atomic mass is 10.2. The second-order valence-corrected chi connectivity index (χ2v) is 8.04. The second kappa shape index (κ2) is 15.1. The van der Waals surface area contributed by atoms with E-state index in [-0.39, 0.29) is 24.0 Å². The fourth-order valence-corrected chi connectivity index (χ4v) is 3.52. The van der Waals surface area contributed by atoms with E-state index in [4.69, 9.17) is 4.74 Å². The molecule has 2 N–H and O–H groups in total. The van der Waals surface area contributed by atoms with E-state index in [1.807, 2.05) is 30.5 Å². The van der Waals surface area contributed by atoms with Crippen molar-refractivity contribution in [1.82, 2.24) is 25.4 Å². The van der Waals surface area contributed by atoms with Crippen molar-refractivity contribution in [2.75, 3.05) is 26.5 Å². The molecule has 1 heterocycles. The molecule has 2 aromatic rings. The Hall–Kier alpha value is -1.75. The predicted molar refractivity (Wildman–Crippen MR) is 141 cm³/mol. The van der Waals surface area contributed by atoms with Gasteiger partial charge in [0, 0.05) is 38.7 Å². The van der Waals surface area contributed by atoms with Crippen molar-refractivity contribution in [1.29, 1.82) is 0 Å². The highest BCUT2D eigenvalue weighted by Gasteiger charge is 2.12. The van der Waals surface area contributed by atoms with Crippen molar-refractivity contribution in [3.63, 3.8) is 0 Å². The van der Waals surface area contributed by atoms with E-state index in [0.29, 0.717) is 19.1 Å². The van der Waals surface area contributed by atoms with E-state index < -0.39 is 0 Å². The number of hydrogen-bond acceptors (Lipinski definition) is 5. The van der Waals surface area contributed by atoms with E-state index in [2.05, 4.69) is 50.8 Å². The molecule has 0 saturated heterocycles. The molecular formula is C22H35IN6OS. The molecule has 31 heavy (non-hydrogen) atoms. The molecule has 0 amide bonds. The number of aliphatic imine (C=N–C) groups is 1. The number of nitrogens with zero attached hydrogens (tertiary/aromatic N) is 4. The van der Waals surface area contributed by atoms with Gasteiger partial charge in [-0.1, -0.05) is 56.5 Å². The fourth-order valence-electron chi connectivity index (χ4n) is 3.00. The summed E-state index contributed by atoms with van der Waals surface area (Å²) in [5, 5.41) is 16.4. The molecule has 0 spiro atoms. The van der Waals surface area contributed by atoms with Gasteiger partial charge in [-0.25, -0.2) is 0 Å². The maximum absolute atomic E-state index is 5.71. The Morgan fingerprint density at radius 3 is 2.74 bits per heavy atom. The maximum atomic E-state index is 5.71. The lowest BCUT2D eigenvalue weighted by Gasteiger charge is -2.15. The van der Waals surface area contributed by atoms with Crippen molar-refractivity contribution in [3.05, 3.63) is 48.3 Å². The van der Waals surface area contributed by atoms with E-state index >= 15 is 0 Å². The number of thioether (sulfide) groups is 1. The number of halogens is 1. The molecule has 1 aromatic heterocycles. The van der Waals surface area contributed by atoms with Gasteiger partial charge in [0.05, 0.1) is 0 Å². The third-order valence-corrected chi connectivity index (χ3v) is 5.06. The summed E-state index contributed by atoms with van der Waals surface area (Å²) in [6.07, 6.45) is 5.62. The van der Waals surface area contributed by atoms with Crippen LogP contribution in [0.3, 0.4) is 0 Å². The Kier molecular flexibility index (Phi) is 13.3. The van der Waals surface area contributed by atoms with Crippen LogP contribution in [0.4, 0.5) is 0 Å². The Labute approximate surface area is 207 Å². The highest BCUT2D eigenvalue weighted by Crippen LogP contribution is 2.18. The lowest BCUT2D eigenvalue weighted by molar-refractivity contribution is 0.358. The SMILES string of the molecule is C=CCOc1ccccc1CNC(=NC)NCCCc1nnc(SC)n1CC(C)C.I. The molecule has 0 radical (unpaired) electrons. The van der Waals surface area contributed by atoms with Gasteiger partial charge in [0.15, 0.2) is 11.1 Å². The summed E-state index contributed by atoms with van der Waals surface area (Å²) in [6.45, 7) is 11.0. The summed E-state index contributed by atoms with van der Waals surface area (Å²) in [6, 6.07) is 7.98. The number of guanidine groups is 1. The number of hydrogen-bond donors (Lipinski definition) is 2. The number of ether oxygens (including phenoxy) is 1. The van der Waals surface area contributed by atoms with Gasteiger partial charge in [-0.05, 0) is 24.7 Å². The van der Waals surface area contributed by atoms with E-state index in [9.17, 15) is 0 Å². The summed E-state index contributed by atoms with van der Waals surface area (Å²) in [5.74, 6) is 3.23. The van der Waals surface area contributed by atoms with Crippen molar-refractivity contribution in [2.45, 2.75) is 44.9 Å². The molecule has 0 unspecified atom stereocenters. The summed E-state index contributed by atoms with van der Waals surface area (Å²) in [4.78, 5) is 4.31. The third-order valence-electron chi connectivity index (χ3n) is 4.39. The first-order valence-corrected chi connectivity index (χ1v) is 11.5. The predicted octanol–water partition coefficient (Wildman–Crippen LogP) is 4.14. The number of aromatic nitrogens is 3. The van der Waals surface area contributed by atoms with Gasteiger partial charge in [0.1, 0.15) is 18.2 Å². The van der Waals surface area contributed by atoms with Crippen LogP contribution >= 0.6 is 35.7 Å². The van der Waals surface area contributed by atoms with Gasteiger partial charge in [0.2, 0.25) is 0 Å². The van der Waals surface area contributed by atoms with Crippen LogP contribution in [-0.4, -0.2) is 47.2 Å². The van der Waals surface area contributed by atoms with Gasteiger partial charge in [-0.2, -0.15) is 0 Å². The van der Waals surface area contributed by atoms with Crippen LogP contribution in [0.1, 0.15) is 31.7 Å². The Morgan fingerprint density at radius 1 is 1.29 bits per heavy atom. The second-order valence-electron chi connectivity index (χ2n) is 7.27. The van der Waals surface area contributed by atoms with Crippen LogP contribution in [0.25, 0.3) is 0 Å². The molecule has 2 rings (SSSR count).